The molecule has 1 unspecified atom stereocenters. The molecule has 0 radical (unpaired) electrons. The SMILES string of the molecule is OCCOCCCc1cccc(-c2cncc(OCC3CCN3)c2)c1. The summed E-state index contributed by atoms with van der Waals surface area (Å²) in [5.74, 6) is 0.814. The fraction of sp³-hybridized carbons (Fsp3) is 0.450. The molecule has 1 atom stereocenters. The molecule has 1 aliphatic heterocycles. The van der Waals surface area contributed by atoms with E-state index >= 15 is 0 Å². The van der Waals surface area contributed by atoms with Gasteiger partial charge in [-0.2, -0.15) is 0 Å². The second-order valence-electron chi connectivity index (χ2n) is 6.30. The Kier molecular flexibility index (Phi) is 6.79. The third kappa shape index (κ3) is 5.53. The molecule has 1 aliphatic rings. The molecule has 0 spiro atoms. The second-order valence-corrected chi connectivity index (χ2v) is 6.30. The normalized spacial score (nSPS) is 16.4. The van der Waals surface area contributed by atoms with Crippen LogP contribution in [0.4, 0.5) is 0 Å². The molecule has 0 aliphatic carbocycles. The number of ether oxygens (including phenoxy) is 2. The van der Waals surface area contributed by atoms with Gasteiger partial charge in [0, 0.05) is 24.4 Å². The Morgan fingerprint density at radius 1 is 1.16 bits per heavy atom. The molecule has 2 N–H and O–H groups in total. The monoisotopic (exact) mass is 342 g/mol. The van der Waals surface area contributed by atoms with Gasteiger partial charge < -0.3 is 19.9 Å². The Hall–Kier alpha value is -1.95. The molecule has 1 aromatic heterocycles. The quantitative estimate of drug-likeness (QED) is 0.649. The van der Waals surface area contributed by atoms with Crippen LogP contribution < -0.4 is 10.1 Å². The minimum Gasteiger partial charge on any atom is -0.490 e. The average Bonchev–Trinajstić information content (AvgIpc) is 2.61. The number of aliphatic hydroxyl groups is 1. The average molecular weight is 342 g/mol. The smallest absolute Gasteiger partial charge is 0.138 e. The predicted octanol–water partition coefficient (Wildman–Crippen LogP) is 2.43. The third-order valence-corrected chi connectivity index (χ3v) is 4.34. The molecular weight excluding hydrogens is 316 g/mol. The van der Waals surface area contributed by atoms with Crippen LogP contribution in [0.3, 0.4) is 0 Å². The predicted molar refractivity (Wildman–Crippen MR) is 97.8 cm³/mol. The first-order valence-corrected chi connectivity index (χ1v) is 8.94. The molecule has 0 saturated carbocycles. The summed E-state index contributed by atoms with van der Waals surface area (Å²) in [6.45, 7) is 2.95. The van der Waals surface area contributed by atoms with Crippen LogP contribution in [0.1, 0.15) is 18.4 Å². The highest BCUT2D eigenvalue weighted by molar-refractivity contribution is 5.64. The molecular formula is C20H26N2O3. The topological polar surface area (TPSA) is 63.6 Å². The Morgan fingerprint density at radius 2 is 2.08 bits per heavy atom. The summed E-state index contributed by atoms with van der Waals surface area (Å²) in [6.07, 6.45) is 6.72. The van der Waals surface area contributed by atoms with Crippen LogP contribution in [0.15, 0.2) is 42.7 Å². The molecule has 2 heterocycles. The van der Waals surface area contributed by atoms with Crippen molar-refractivity contribution >= 4 is 0 Å². The first kappa shape index (κ1) is 17.9. The van der Waals surface area contributed by atoms with E-state index in [4.69, 9.17) is 14.6 Å². The zero-order chi connectivity index (χ0) is 17.3. The summed E-state index contributed by atoms with van der Waals surface area (Å²) in [7, 11) is 0. The van der Waals surface area contributed by atoms with Crippen molar-refractivity contribution in [2.24, 2.45) is 0 Å². The van der Waals surface area contributed by atoms with Crippen molar-refractivity contribution in [2.45, 2.75) is 25.3 Å². The van der Waals surface area contributed by atoms with Gasteiger partial charge in [0.15, 0.2) is 0 Å². The molecule has 5 heteroatoms. The Bertz CT molecular complexity index is 659. The highest BCUT2D eigenvalue weighted by Gasteiger charge is 2.16. The van der Waals surface area contributed by atoms with E-state index in [0.717, 1.165) is 36.3 Å². The fourth-order valence-electron chi connectivity index (χ4n) is 2.79. The number of nitrogens with one attached hydrogen (secondary N) is 1. The lowest BCUT2D eigenvalue weighted by Crippen LogP contribution is -2.46. The van der Waals surface area contributed by atoms with Gasteiger partial charge in [0.1, 0.15) is 12.4 Å². The first-order valence-electron chi connectivity index (χ1n) is 8.94. The number of benzene rings is 1. The van der Waals surface area contributed by atoms with Crippen LogP contribution in [-0.2, 0) is 11.2 Å². The zero-order valence-electron chi connectivity index (χ0n) is 14.5. The van der Waals surface area contributed by atoms with Crippen molar-refractivity contribution < 1.29 is 14.6 Å². The number of aromatic nitrogens is 1. The van der Waals surface area contributed by atoms with Crippen LogP contribution in [0, 0.1) is 0 Å². The van der Waals surface area contributed by atoms with Crippen LogP contribution in [0.5, 0.6) is 5.75 Å². The van der Waals surface area contributed by atoms with Crippen molar-refractivity contribution in [1.82, 2.24) is 10.3 Å². The summed E-state index contributed by atoms with van der Waals surface area (Å²) in [6, 6.07) is 11.0. The molecule has 1 fully saturated rings. The summed E-state index contributed by atoms with van der Waals surface area (Å²) >= 11 is 0. The van der Waals surface area contributed by atoms with Crippen molar-refractivity contribution in [2.75, 3.05) is 33.0 Å². The third-order valence-electron chi connectivity index (χ3n) is 4.34. The summed E-state index contributed by atoms with van der Waals surface area (Å²) < 4.78 is 11.2. The number of aliphatic hydroxyl groups excluding tert-OH is 1. The van der Waals surface area contributed by atoms with Crippen LogP contribution in [0.25, 0.3) is 11.1 Å². The highest BCUT2D eigenvalue weighted by atomic mass is 16.5. The zero-order valence-corrected chi connectivity index (χ0v) is 14.5. The first-order chi connectivity index (χ1) is 12.3. The van der Waals surface area contributed by atoms with Gasteiger partial charge in [-0.15, -0.1) is 0 Å². The minimum absolute atomic E-state index is 0.0811. The molecule has 2 aromatic rings. The Balaban J connectivity index is 1.57. The van der Waals surface area contributed by atoms with E-state index in [2.05, 4.69) is 40.6 Å². The molecule has 134 valence electrons. The molecule has 0 bridgehead atoms. The summed E-state index contributed by atoms with van der Waals surface area (Å²) in [4.78, 5) is 4.32. The van der Waals surface area contributed by atoms with E-state index in [1.807, 2.05) is 6.20 Å². The molecule has 1 saturated heterocycles. The second kappa shape index (κ2) is 9.51. The standard InChI is InChI=1S/C20H26N2O3/c23-8-10-24-9-2-4-16-3-1-5-17(11-16)18-12-20(14-21-13-18)25-15-19-6-7-22-19/h1,3,5,11-14,19,22-23H,2,4,6-10,15H2. The molecule has 1 aromatic carbocycles. The number of rotatable bonds is 10. The number of pyridine rings is 1. The summed E-state index contributed by atoms with van der Waals surface area (Å²) in [5.41, 5.74) is 3.49. The van der Waals surface area contributed by atoms with Gasteiger partial charge in [0.25, 0.3) is 0 Å². The molecule has 25 heavy (non-hydrogen) atoms. The van der Waals surface area contributed by atoms with Gasteiger partial charge in [0.2, 0.25) is 0 Å². The van der Waals surface area contributed by atoms with E-state index in [0.29, 0.717) is 25.9 Å². The molecule has 0 amide bonds. The van der Waals surface area contributed by atoms with Gasteiger partial charge in [-0.3, -0.25) is 4.98 Å². The van der Waals surface area contributed by atoms with E-state index in [-0.39, 0.29) is 6.61 Å². The van der Waals surface area contributed by atoms with E-state index < -0.39 is 0 Å². The number of hydrogen-bond donors (Lipinski definition) is 2. The van der Waals surface area contributed by atoms with Gasteiger partial charge >= 0.3 is 0 Å². The Morgan fingerprint density at radius 3 is 2.88 bits per heavy atom. The van der Waals surface area contributed by atoms with Crippen LogP contribution in [-0.4, -0.2) is 49.1 Å². The van der Waals surface area contributed by atoms with Gasteiger partial charge in [-0.1, -0.05) is 24.3 Å². The lowest BCUT2D eigenvalue weighted by atomic mass is 10.0. The van der Waals surface area contributed by atoms with Gasteiger partial charge in [-0.25, -0.2) is 0 Å². The summed E-state index contributed by atoms with van der Waals surface area (Å²) in [5, 5.41) is 12.0. The maximum absolute atomic E-state index is 8.71. The van der Waals surface area contributed by atoms with E-state index in [9.17, 15) is 0 Å². The van der Waals surface area contributed by atoms with Crippen LogP contribution >= 0.6 is 0 Å². The van der Waals surface area contributed by atoms with Crippen LogP contribution in [0.2, 0.25) is 0 Å². The largest absolute Gasteiger partial charge is 0.490 e. The van der Waals surface area contributed by atoms with Crippen molar-refractivity contribution in [3.8, 4) is 16.9 Å². The number of hydrogen-bond acceptors (Lipinski definition) is 5. The van der Waals surface area contributed by atoms with Gasteiger partial charge in [0.05, 0.1) is 19.4 Å². The van der Waals surface area contributed by atoms with Gasteiger partial charge in [-0.05, 0) is 43.0 Å². The van der Waals surface area contributed by atoms with E-state index in [1.54, 1.807) is 6.20 Å². The number of aryl methyl sites for hydroxylation is 1. The Labute approximate surface area is 149 Å². The van der Waals surface area contributed by atoms with E-state index in [1.165, 1.54) is 12.0 Å². The lowest BCUT2D eigenvalue weighted by Gasteiger charge is -2.27. The van der Waals surface area contributed by atoms with Crippen molar-refractivity contribution in [1.29, 1.82) is 0 Å². The molecule has 5 nitrogen and oxygen atoms in total. The fourth-order valence-corrected chi connectivity index (χ4v) is 2.79. The maximum atomic E-state index is 8.71. The van der Waals surface area contributed by atoms with Crippen molar-refractivity contribution in [3.63, 3.8) is 0 Å². The highest BCUT2D eigenvalue weighted by Crippen LogP contribution is 2.24. The maximum Gasteiger partial charge on any atom is 0.138 e. The lowest BCUT2D eigenvalue weighted by molar-refractivity contribution is 0.0909. The minimum atomic E-state index is 0.0811. The number of nitrogens with zero attached hydrogens (tertiary/aromatic N) is 1. The van der Waals surface area contributed by atoms with Crippen molar-refractivity contribution in [3.05, 3.63) is 48.3 Å². The molecule has 3 rings (SSSR count).